The van der Waals surface area contributed by atoms with E-state index in [1.807, 2.05) is 24.4 Å². The van der Waals surface area contributed by atoms with Crippen molar-refractivity contribution in [1.29, 1.82) is 0 Å². The normalized spacial score (nSPS) is 13.4. The van der Waals surface area contributed by atoms with Crippen molar-refractivity contribution in [1.82, 2.24) is 4.72 Å². The van der Waals surface area contributed by atoms with E-state index >= 15 is 0 Å². The highest BCUT2D eigenvalue weighted by molar-refractivity contribution is 7.89. The largest absolute Gasteiger partial charge is 0.241 e. The Bertz CT molecular complexity index is 606. The number of thiophene rings is 1. The monoisotopic (exact) mass is 301 g/mol. The third kappa shape index (κ3) is 3.11. The number of benzene rings is 1. The summed E-state index contributed by atoms with van der Waals surface area (Å²) in [6.07, 6.45) is 0. The second kappa shape index (κ2) is 5.40. The number of rotatable bonds is 4. The van der Waals surface area contributed by atoms with E-state index in [-0.39, 0.29) is 10.9 Å². The van der Waals surface area contributed by atoms with Crippen LogP contribution in [0.1, 0.15) is 17.8 Å². The summed E-state index contributed by atoms with van der Waals surface area (Å²) in [5.41, 5.74) is 0. The van der Waals surface area contributed by atoms with E-state index in [0.717, 1.165) is 4.88 Å². The van der Waals surface area contributed by atoms with Gasteiger partial charge in [-0.3, -0.25) is 0 Å². The Morgan fingerprint density at radius 1 is 1.22 bits per heavy atom. The number of halogens is 1. The quantitative estimate of drug-likeness (QED) is 0.940. The first kappa shape index (κ1) is 13.5. The van der Waals surface area contributed by atoms with Gasteiger partial charge in [-0.05, 0) is 42.6 Å². The van der Waals surface area contributed by atoms with Gasteiger partial charge in [-0.1, -0.05) is 17.7 Å². The van der Waals surface area contributed by atoms with Crippen LogP contribution in [0, 0.1) is 0 Å². The van der Waals surface area contributed by atoms with E-state index < -0.39 is 10.0 Å². The molecule has 0 aliphatic rings. The van der Waals surface area contributed by atoms with Gasteiger partial charge >= 0.3 is 0 Å². The topological polar surface area (TPSA) is 46.2 Å². The molecule has 1 N–H and O–H groups in total. The van der Waals surface area contributed by atoms with Crippen LogP contribution in [0.5, 0.6) is 0 Å². The minimum atomic E-state index is -3.50. The smallest absolute Gasteiger partial charge is 0.207 e. The molecule has 0 aliphatic heterocycles. The van der Waals surface area contributed by atoms with Gasteiger partial charge in [0.25, 0.3) is 0 Å². The van der Waals surface area contributed by atoms with Crippen molar-refractivity contribution in [2.45, 2.75) is 17.9 Å². The van der Waals surface area contributed by atoms with Gasteiger partial charge in [0.05, 0.1) is 10.9 Å². The van der Waals surface area contributed by atoms with Crippen molar-refractivity contribution >= 4 is 33.0 Å². The highest BCUT2D eigenvalue weighted by Crippen LogP contribution is 2.21. The predicted octanol–water partition coefficient (Wildman–Crippen LogP) is 3.44. The van der Waals surface area contributed by atoms with Crippen LogP contribution in [0.25, 0.3) is 0 Å². The van der Waals surface area contributed by atoms with E-state index in [9.17, 15) is 8.42 Å². The molecular formula is C12H12ClNO2S2. The Morgan fingerprint density at radius 3 is 2.44 bits per heavy atom. The van der Waals surface area contributed by atoms with Crippen LogP contribution in [0.4, 0.5) is 0 Å². The molecule has 0 saturated carbocycles. The Labute approximate surface area is 115 Å². The number of hydrogen-bond acceptors (Lipinski definition) is 3. The van der Waals surface area contributed by atoms with Gasteiger partial charge in [0, 0.05) is 9.90 Å². The van der Waals surface area contributed by atoms with Crippen LogP contribution in [0.15, 0.2) is 46.7 Å². The summed E-state index contributed by atoms with van der Waals surface area (Å²) in [4.78, 5) is 1.20. The molecule has 0 bridgehead atoms. The van der Waals surface area contributed by atoms with Crippen LogP contribution in [-0.2, 0) is 10.0 Å². The summed E-state index contributed by atoms with van der Waals surface area (Å²) < 4.78 is 26.8. The van der Waals surface area contributed by atoms with Gasteiger partial charge in [-0.25, -0.2) is 13.1 Å². The third-order valence-corrected chi connectivity index (χ3v) is 5.29. The first-order valence-corrected chi connectivity index (χ1v) is 8.04. The number of hydrogen-bond donors (Lipinski definition) is 1. The van der Waals surface area contributed by atoms with Gasteiger partial charge in [0.15, 0.2) is 0 Å². The first-order valence-electron chi connectivity index (χ1n) is 5.30. The molecule has 1 aromatic heterocycles. The van der Waals surface area contributed by atoms with Gasteiger partial charge in [0.1, 0.15) is 0 Å². The Morgan fingerprint density at radius 2 is 1.89 bits per heavy atom. The molecule has 0 fully saturated rings. The zero-order valence-corrected chi connectivity index (χ0v) is 12.0. The van der Waals surface area contributed by atoms with E-state index in [0.29, 0.717) is 5.02 Å². The molecule has 3 nitrogen and oxygen atoms in total. The van der Waals surface area contributed by atoms with Crippen LogP contribution < -0.4 is 4.72 Å². The van der Waals surface area contributed by atoms with Crippen LogP contribution >= 0.6 is 22.9 Å². The highest BCUT2D eigenvalue weighted by Gasteiger charge is 2.18. The molecule has 1 aromatic carbocycles. The summed E-state index contributed by atoms with van der Waals surface area (Å²) in [6, 6.07) is 9.66. The lowest BCUT2D eigenvalue weighted by Gasteiger charge is -2.12. The molecular weight excluding hydrogens is 290 g/mol. The summed E-state index contributed by atoms with van der Waals surface area (Å²) in [6.45, 7) is 1.82. The fraction of sp³-hybridized carbons (Fsp3) is 0.167. The average Bonchev–Trinajstić information content (AvgIpc) is 2.82. The maximum absolute atomic E-state index is 12.1. The molecule has 2 rings (SSSR count). The van der Waals surface area contributed by atoms with Gasteiger partial charge in [0.2, 0.25) is 10.0 Å². The fourth-order valence-electron chi connectivity index (χ4n) is 1.51. The number of sulfonamides is 1. The minimum absolute atomic E-state index is 0.218. The van der Waals surface area contributed by atoms with Crippen molar-refractivity contribution < 1.29 is 8.42 Å². The van der Waals surface area contributed by atoms with Crippen LogP contribution in [-0.4, -0.2) is 8.42 Å². The molecule has 0 amide bonds. The lowest BCUT2D eigenvalue weighted by molar-refractivity contribution is 0.568. The summed E-state index contributed by atoms with van der Waals surface area (Å²) in [5, 5.41) is 2.43. The van der Waals surface area contributed by atoms with Gasteiger partial charge in [-0.15, -0.1) is 11.3 Å². The molecule has 0 aliphatic carbocycles. The molecule has 1 atom stereocenters. The maximum atomic E-state index is 12.1. The third-order valence-electron chi connectivity index (χ3n) is 2.43. The van der Waals surface area contributed by atoms with Crippen molar-refractivity contribution in [3.05, 3.63) is 51.7 Å². The zero-order chi connectivity index (χ0) is 13.2. The first-order chi connectivity index (χ1) is 8.49. The van der Waals surface area contributed by atoms with E-state index in [1.165, 1.54) is 23.5 Å². The molecule has 0 saturated heterocycles. The zero-order valence-electron chi connectivity index (χ0n) is 9.63. The molecule has 96 valence electrons. The second-order valence-corrected chi connectivity index (χ2v) is 6.94. The lowest BCUT2D eigenvalue weighted by atomic mass is 10.3. The predicted molar refractivity (Wildman–Crippen MR) is 74.5 cm³/mol. The second-order valence-electron chi connectivity index (χ2n) is 3.81. The van der Waals surface area contributed by atoms with Crippen LogP contribution in [0.3, 0.4) is 0 Å². The number of nitrogens with one attached hydrogen (secondary N) is 1. The SMILES string of the molecule is C[C@H](NS(=O)(=O)c1ccc(Cl)cc1)c1cccs1. The van der Waals surface area contributed by atoms with Crippen LogP contribution in [0.2, 0.25) is 5.02 Å². The molecule has 0 radical (unpaired) electrons. The Kier molecular flexibility index (Phi) is 4.07. The van der Waals surface area contributed by atoms with Crippen molar-refractivity contribution in [3.63, 3.8) is 0 Å². The average molecular weight is 302 g/mol. The van der Waals surface area contributed by atoms with Gasteiger partial charge < -0.3 is 0 Å². The molecule has 6 heteroatoms. The summed E-state index contributed by atoms with van der Waals surface area (Å²) in [7, 11) is -3.50. The fourth-order valence-corrected chi connectivity index (χ4v) is 3.67. The maximum Gasteiger partial charge on any atom is 0.241 e. The van der Waals surface area contributed by atoms with Crippen molar-refractivity contribution in [2.24, 2.45) is 0 Å². The highest BCUT2D eigenvalue weighted by atomic mass is 35.5. The molecule has 1 heterocycles. The van der Waals surface area contributed by atoms with E-state index in [1.54, 1.807) is 12.1 Å². The summed E-state index contributed by atoms with van der Waals surface area (Å²) >= 11 is 7.26. The lowest BCUT2D eigenvalue weighted by Crippen LogP contribution is -2.26. The minimum Gasteiger partial charge on any atom is -0.207 e. The summed E-state index contributed by atoms with van der Waals surface area (Å²) in [5.74, 6) is 0. The Hall–Kier alpha value is -0.880. The van der Waals surface area contributed by atoms with E-state index in [2.05, 4.69) is 4.72 Å². The van der Waals surface area contributed by atoms with E-state index in [4.69, 9.17) is 11.6 Å². The van der Waals surface area contributed by atoms with Crippen molar-refractivity contribution in [3.8, 4) is 0 Å². The molecule has 18 heavy (non-hydrogen) atoms. The molecule has 2 aromatic rings. The molecule has 0 unspecified atom stereocenters. The molecule has 0 spiro atoms. The Balaban J connectivity index is 2.20. The van der Waals surface area contributed by atoms with Crippen molar-refractivity contribution in [2.75, 3.05) is 0 Å². The standard InChI is InChI=1S/C12H12ClNO2S2/c1-9(12-3-2-8-17-12)14-18(15,16)11-6-4-10(13)5-7-11/h2-9,14H,1H3/t9-/m0/s1. The van der Waals surface area contributed by atoms with Gasteiger partial charge in [-0.2, -0.15) is 0 Å².